The SMILES string of the molecule is COCCN1CCC[C@@H](Oc2ccncc2NC(=O)c2c(N)nn3ccc(C(F)(F)F)nc23)C1. The molecule has 0 aromatic carbocycles. The first kappa shape index (κ1) is 23.7. The Morgan fingerprint density at radius 1 is 1.35 bits per heavy atom. The van der Waals surface area contributed by atoms with E-state index < -0.39 is 17.8 Å². The van der Waals surface area contributed by atoms with Crippen LogP contribution in [0.25, 0.3) is 5.65 Å². The Balaban J connectivity index is 1.54. The number of nitrogen functional groups attached to an aromatic ring is 1. The average Bonchev–Trinajstić information content (AvgIpc) is 3.13. The summed E-state index contributed by atoms with van der Waals surface area (Å²) in [5, 5.41) is 6.51. The number of pyridine rings is 1. The zero-order valence-electron chi connectivity index (χ0n) is 18.4. The maximum absolute atomic E-state index is 13.1. The van der Waals surface area contributed by atoms with Crippen LogP contribution < -0.4 is 15.8 Å². The van der Waals surface area contributed by atoms with Crippen LogP contribution in [0.3, 0.4) is 0 Å². The first-order valence-corrected chi connectivity index (χ1v) is 10.6. The number of carbonyl (C=O) groups excluding carboxylic acids is 1. The number of rotatable bonds is 7. The summed E-state index contributed by atoms with van der Waals surface area (Å²) < 4.78 is 51.7. The third kappa shape index (κ3) is 5.20. The van der Waals surface area contributed by atoms with Crippen LogP contribution in [0.5, 0.6) is 5.75 Å². The summed E-state index contributed by atoms with van der Waals surface area (Å²) in [6, 6.07) is 2.37. The number of likely N-dealkylation sites (tertiary alicyclic amines) is 1. The number of fused-ring (bicyclic) bond motifs is 1. The van der Waals surface area contributed by atoms with Crippen LogP contribution in [-0.2, 0) is 10.9 Å². The summed E-state index contributed by atoms with van der Waals surface area (Å²) >= 11 is 0. The number of methoxy groups -OCH3 is 1. The first-order chi connectivity index (χ1) is 16.3. The van der Waals surface area contributed by atoms with Crippen molar-refractivity contribution in [3.63, 3.8) is 0 Å². The number of alkyl halides is 3. The molecular weight excluding hydrogens is 455 g/mol. The lowest BCUT2D eigenvalue weighted by Gasteiger charge is -2.33. The molecule has 0 aliphatic carbocycles. The second kappa shape index (κ2) is 9.81. The van der Waals surface area contributed by atoms with Gasteiger partial charge in [-0.1, -0.05) is 0 Å². The second-order valence-corrected chi connectivity index (χ2v) is 7.84. The molecule has 1 saturated heterocycles. The van der Waals surface area contributed by atoms with Crippen molar-refractivity contribution in [3.8, 4) is 5.75 Å². The molecule has 0 saturated carbocycles. The number of halogens is 3. The quantitative estimate of drug-likeness (QED) is 0.530. The normalized spacial score (nSPS) is 17.1. The molecule has 4 rings (SSSR count). The summed E-state index contributed by atoms with van der Waals surface area (Å²) in [6.07, 6.45) is 0.969. The minimum atomic E-state index is -4.68. The van der Waals surface area contributed by atoms with Crippen molar-refractivity contribution in [2.75, 3.05) is 44.4 Å². The number of ether oxygens (including phenoxy) is 2. The van der Waals surface area contributed by atoms with Gasteiger partial charge in [0.2, 0.25) is 0 Å². The molecular formula is C21H24F3N7O3. The van der Waals surface area contributed by atoms with Crippen molar-refractivity contribution in [1.82, 2.24) is 24.5 Å². The Bertz CT molecular complexity index is 1170. The van der Waals surface area contributed by atoms with E-state index in [1.807, 2.05) is 0 Å². The van der Waals surface area contributed by atoms with Gasteiger partial charge in [0.15, 0.2) is 11.5 Å². The van der Waals surface area contributed by atoms with E-state index in [1.165, 1.54) is 12.4 Å². The van der Waals surface area contributed by atoms with Crippen molar-refractivity contribution in [1.29, 1.82) is 0 Å². The molecule has 1 aliphatic heterocycles. The predicted octanol–water partition coefficient (Wildman–Crippen LogP) is 2.47. The highest BCUT2D eigenvalue weighted by atomic mass is 19.4. The highest BCUT2D eigenvalue weighted by Crippen LogP contribution is 2.30. The summed E-state index contributed by atoms with van der Waals surface area (Å²) in [6.45, 7) is 3.06. The van der Waals surface area contributed by atoms with Crippen molar-refractivity contribution in [2.24, 2.45) is 0 Å². The van der Waals surface area contributed by atoms with Crippen LogP contribution >= 0.6 is 0 Å². The highest BCUT2D eigenvalue weighted by molar-refractivity contribution is 6.12. The number of hydrogen-bond acceptors (Lipinski definition) is 8. The molecule has 1 atom stereocenters. The maximum atomic E-state index is 13.1. The molecule has 0 spiro atoms. The number of hydrogen-bond donors (Lipinski definition) is 2. The fourth-order valence-corrected chi connectivity index (χ4v) is 3.80. The van der Waals surface area contributed by atoms with Gasteiger partial charge in [-0.2, -0.15) is 13.2 Å². The van der Waals surface area contributed by atoms with E-state index >= 15 is 0 Å². The van der Waals surface area contributed by atoms with E-state index in [4.69, 9.17) is 15.2 Å². The Morgan fingerprint density at radius 3 is 2.94 bits per heavy atom. The zero-order valence-corrected chi connectivity index (χ0v) is 18.4. The largest absolute Gasteiger partial charge is 0.487 e. The van der Waals surface area contributed by atoms with Crippen molar-refractivity contribution in [2.45, 2.75) is 25.1 Å². The Morgan fingerprint density at radius 2 is 2.18 bits per heavy atom. The molecule has 13 heteroatoms. The Labute approximate surface area is 192 Å². The number of piperidine rings is 1. The molecule has 4 heterocycles. The lowest BCUT2D eigenvalue weighted by Crippen LogP contribution is -2.42. The molecule has 3 aromatic heterocycles. The predicted molar refractivity (Wildman–Crippen MR) is 117 cm³/mol. The van der Waals surface area contributed by atoms with E-state index in [9.17, 15) is 18.0 Å². The van der Waals surface area contributed by atoms with Crippen molar-refractivity contribution in [3.05, 3.63) is 42.0 Å². The van der Waals surface area contributed by atoms with Crippen molar-refractivity contribution >= 4 is 23.1 Å². The number of anilines is 2. The smallest absolute Gasteiger partial charge is 0.433 e. The number of nitrogens with zero attached hydrogens (tertiary/aromatic N) is 5. The van der Waals surface area contributed by atoms with Crippen molar-refractivity contribution < 1.29 is 27.4 Å². The van der Waals surface area contributed by atoms with E-state index in [0.717, 1.165) is 42.7 Å². The lowest BCUT2D eigenvalue weighted by atomic mass is 10.1. The number of nitrogens with one attached hydrogen (secondary N) is 1. The third-order valence-electron chi connectivity index (χ3n) is 5.43. The summed E-state index contributed by atoms with van der Waals surface area (Å²) in [5.41, 5.74) is 4.35. The molecule has 34 heavy (non-hydrogen) atoms. The van der Waals surface area contributed by atoms with Gasteiger partial charge in [0.25, 0.3) is 5.91 Å². The number of nitrogens with two attached hydrogens (primary N) is 1. The Kier molecular flexibility index (Phi) is 6.84. The average molecular weight is 479 g/mol. The summed E-state index contributed by atoms with van der Waals surface area (Å²) in [5.74, 6) is -0.639. The molecule has 0 bridgehead atoms. The van der Waals surface area contributed by atoms with Gasteiger partial charge in [-0.15, -0.1) is 5.10 Å². The van der Waals surface area contributed by atoms with Crippen LogP contribution in [0.4, 0.5) is 24.7 Å². The molecule has 3 N–H and O–H groups in total. The molecule has 3 aromatic rings. The molecule has 1 amide bonds. The minimum absolute atomic E-state index is 0.110. The van der Waals surface area contributed by atoms with E-state index in [0.29, 0.717) is 18.9 Å². The number of carbonyl (C=O) groups is 1. The number of amides is 1. The van der Waals surface area contributed by atoms with Gasteiger partial charge < -0.3 is 20.5 Å². The van der Waals surface area contributed by atoms with Gasteiger partial charge in [0.05, 0.1) is 12.8 Å². The highest BCUT2D eigenvalue weighted by Gasteiger charge is 2.34. The van der Waals surface area contributed by atoms with Crippen LogP contribution in [0.15, 0.2) is 30.7 Å². The molecule has 0 radical (unpaired) electrons. The molecule has 182 valence electrons. The van der Waals surface area contributed by atoms with Crippen LogP contribution in [0, 0.1) is 0 Å². The van der Waals surface area contributed by atoms with E-state index in [-0.39, 0.29) is 28.8 Å². The maximum Gasteiger partial charge on any atom is 0.433 e. The van der Waals surface area contributed by atoms with Gasteiger partial charge in [0.1, 0.15) is 28.8 Å². The number of aromatic nitrogens is 4. The Hall–Kier alpha value is -3.45. The standard InChI is InChI=1S/C21H24F3N7O3/c1-33-10-9-30-7-2-3-13(12-30)34-15-4-6-26-11-14(15)27-20(32)17-18(25)29-31-8-5-16(21(22,23)24)28-19(17)31/h4-6,8,11,13H,2-3,7,9-10,12H2,1H3,(H2,25,29)(H,27,32)/t13-/m1/s1. The van der Waals surface area contributed by atoms with Gasteiger partial charge in [-0.05, 0) is 25.5 Å². The fraction of sp³-hybridized carbons (Fsp3) is 0.429. The summed E-state index contributed by atoms with van der Waals surface area (Å²) in [7, 11) is 1.65. The molecule has 10 nitrogen and oxygen atoms in total. The van der Waals surface area contributed by atoms with Gasteiger partial charge in [-0.25, -0.2) is 9.50 Å². The van der Waals surface area contributed by atoms with Crippen LogP contribution in [0.2, 0.25) is 0 Å². The lowest BCUT2D eigenvalue weighted by molar-refractivity contribution is -0.141. The van der Waals surface area contributed by atoms with Crippen LogP contribution in [-0.4, -0.2) is 69.8 Å². The molecule has 1 fully saturated rings. The van der Waals surface area contributed by atoms with E-state index in [2.05, 4.69) is 25.3 Å². The second-order valence-electron chi connectivity index (χ2n) is 7.84. The zero-order chi connectivity index (χ0) is 24.3. The molecule has 0 unspecified atom stereocenters. The fourth-order valence-electron chi connectivity index (χ4n) is 3.80. The monoisotopic (exact) mass is 479 g/mol. The first-order valence-electron chi connectivity index (χ1n) is 10.6. The third-order valence-corrected chi connectivity index (χ3v) is 5.43. The molecule has 1 aliphatic rings. The van der Waals surface area contributed by atoms with Gasteiger partial charge >= 0.3 is 6.18 Å². The minimum Gasteiger partial charge on any atom is -0.487 e. The van der Waals surface area contributed by atoms with E-state index in [1.54, 1.807) is 13.2 Å². The van der Waals surface area contributed by atoms with Gasteiger partial charge in [-0.3, -0.25) is 14.7 Å². The van der Waals surface area contributed by atoms with Crippen LogP contribution in [0.1, 0.15) is 28.9 Å². The van der Waals surface area contributed by atoms with Gasteiger partial charge in [0, 0.05) is 38.7 Å². The summed E-state index contributed by atoms with van der Waals surface area (Å²) in [4.78, 5) is 22.8. The topological polar surface area (TPSA) is 120 Å².